The molecule has 0 aromatic carbocycles. The average Bonchev–Trinajstić information content (AvgIpc) is 2.01. The van der Waals surface area contributed by atoms with Gasteiger partial charge in [0.05, 0.1) is 18.1 Å². The topological polar surface area (TPSA) is 86.6 Å². The van der Waals surface area contributed by atoms with E-state index in [4.69, 9.17) is 0 Å². The Morgan fingerprint density at radius 2 is 1.79 bits per heavy atom. The third-order valence-electron chi connectivity index (χ3n) is 2.19. The van der Waals surface area contributed by atoms with Crippen molar-refractivity contribution in [3.8, 4) is 0 Å². The summed E-state index contributed by atoms with van der Waals surface area (Å²) in [4.78, 5) is 21.7. The van der Waals surface area contributed by atoms with Crippen molar-refractivity contribution < 1.29 is 19.8 Å². The summed E-state index contributed by atoms with van der Waals surface area (Å²) in [7, 11) is 0. The second kappa shape index (κ2) is 4.63. The van der Waals surface area contributed by atoms with E-state index in [0.717, 1.165) is 0 Å². The van der Waals surface area contributed by atoms with Gasteiger partial charge in [0.1, 0.15) is 6.23 Å². The summed E-state index contributed by atoms with van der Waals surface area (Å²) in [6.45, 7) is 0. The van der Waals surface area contributed by atoms with Crippen LogP contribution in [0.1, 0.15) is 6.42 Å². The summed E-state index contributed by atoms with van der Waals surface area (Å²) in [6, 6.07) is -0.729. The number of thiol groups is 2. The fourth-order valence-corrected chi connectivity index (χ4v) is 1.94. The molecule has 1 aliphatic rings. The molecule has 1 fully saturated rings. The molecule has 0 aromatic rings. The highest BCUT2D eigenvalue weighted by molar-refractivity contribution is 7.97. The van der Waals surface area contributed by atoms with Gasteiger partial charge in [-0.05, 0) is 6.42 Å². The summed E-state index contributed by atoms with van der Waals surface area (Å²) < 4.78 is 0. The van der Waals surface area contributed by atoms with E-state index in [0.29, 0.717) is 0 Å². The van der Waals surface area contributed by atoms with Crippen LogP contribution in [0, 0.1) is 5.92 Å². The molecule has 4 atom stereocenters. The first-order chi connectivity index (χ1) is 6.43. The molecule has 14 heavy (non-hydrogen) atoms. The van der Waals surface area contributed by atoms with E-state index < -0.39 is 34.5 Å². The van der Waals surface area contributed by atoms with Crippen molar-refractivity contribution in [2.24, 2.45) is 5.92 Å². The number of hydrogen-bond acceptors (Lipinski definition) is 5. The number of carbonyl (C=O) groups excluding carboxylic acids is 2. The lowest BCUT2D eigenvalue weighted by Gasteiger charge is -2.35. The zero-order chi connectivity index (χ0) is 10.9. The highest BCUT2D eigenvalue weighted by Crippen LogP contribution is 2.22. The molecule has 7 heteroatoms. The van der Waals surface area contributed by atoms with Gasteiger partial charge in [-0.2, -0.15) is 0 Å². The molecule has 0 spiro atoms. The lowest BCUT2D eigenvalue weighted by atomic mass is 9.91. The van der Waals surface area contributed by atoms with E-state index in [1.165, 1.54) is 0 Å². The van der Waals surface area contributed by atoms with Crippen LogP contribution >= 0.6 is 25.3 Å². The number of hydrogen-bond donors (Lipinski definition) is 5. The van der Waals surface area contributed by atoms with Crippen LogP contribution in [-0.2, 0) is 9.59 Å². The van der Waals surface area contributed by atoms with E-state index in [2.05, 4.69) is 30.6 Å². The Morgan fingerprint density at radius 1 is 1.21 bits per heavy atom. The van der Waals surface area contributed by atoms with Crippen molar-refractivity contribution in [3.05, 3.63) is 0 Å². The van der Waals surface area contributed by atoms with Gasteiger partial charge in [0.25, 0.3) is 0 Å². The average molecular weight is 237 g/mol. The van der Waals surface area contributed by atoms with Crippen LogP contribution in [0.25, 0.3) is 0 Å². The first-order valence-electron chi connectivity index (χ1n) is 4.01. The van der Waals surface area contributed by atoms with Crippen LogP contribution in [0.3, 0.4) is 0 Å². The number of aliphatic hydroxyl groups is 2. The second-order valence-corrected chi connectivity index (χ2v) is 4.05. The molecule has 80 valence electrons. The molecule has 4 unspecified atom stereocenters. The third kappa shape index (κ3) is 2.48. The molecule has 1 heterocycles. The van der Waals surface area contributed by atoms with Gasteiger partial charge in [-0.1, -0.05) is 0 Å². The van der Waals surface area contributed by atoms with E-state index in [1.54, 1.807) is 0 Å². The zero-order valence-corrected chi connectivity index (χ0v) is 8.91. The molecule has 0 bridgehead atoms. The molecular formula is C7H11NO4S2. The maximum absolute atomic E-state index is 10.9. The summed E-state index contributed by atoms with van der Waals surface area (Å²) >= 11 is 7.11. The van der Waals surface area contributed by atoms with Crippen molar-refractivity contribution in [3.63, 3.8) is 0 Å². The third-order valence-corrected chi connectivity index (χ3v) is 2.80. The fraction of sp³-hybridized carbons (Fsp3) is 0.714. The highest BCUT2D eigenvalue weighted by Gasteiger charge is 2.40. The van der Waals surface area contributed by atoms with Crippen LogP contribution in [-0.4, -0.2) is 38.8 Å². The number of rotatable bonds is 2. The molecule has 0 radical (unpaired) electrons. The van der Waals surface area contributed by atoms with Gasteiger partial charge in [0.15, 0.2) is 5.12 Å². The lowest BCUT2D eigenvalue weighted by Crippen LogP contribution is -2.57. The number of piperidine rings is 1. The maximum Gasteiger partial charge on any atom is 0.202 e. The van der Waals surface area contributed by atoms with Gasteiger partial charge in [-0.3, -0.25) is 14.9 Å². The lowest BCUT2D eigenvalue weighted by molar-refractivity contribution is -0.132. The summed E-state index contributed by atoms with van der Waals surface area (Å²) in [6.07, 6.45) is -2.28. The number of carbonyl (C=O) groups is 2. The minimum Gasteiger partial charge on any atom is -0.392 e. The molecule has 1 aliphatic heterocycles. The van der Waals surface area contributed by atoms with Crippen molar-refractivity contribution in [1.29, 1.82) is 0 Å². The smallest absolute Gasteiger partial charge is 0.202 e. The predicted molar refractivity (Wildman–Crippen MR) is 55.0 cm³/mol. The van der Waals surface area contributed by atoms with E-state index >= 15 is 0 Å². The summed E-state index contributed by atoms with van der Waals surface area (Å²) in [5.74, 6) is -0.998. The first-order valence-corrected chi connectivity index (χ1v) is 4.90. The van der Waals surface area contributed by atoms with E-state index in [9.17, 15) is 19.8 Å². The molecule has 5 nitrogen and oxygen atoms in total. The molecule has 0 aromatic heterocycles. The quantitative estimate of drug-likeness (QED) is 0.380. The van der Waals surface area contributed by atoms with Gasteiger partial charge < -0.3 is 10.2 Å². The number of nitrogens with one attached hydrogen (secondary N) is 1. The first kappa shape index (κ1) is 12.0. The molecule has 0 saturated carbocycles. The SMILES string of the molecule is O=C(S)C1CC(O)C(C(=O)S)C(O)N1. The van der Waals surface area contributed by atoms with Crippen molar-refractivity contribution in [2.75, 3.05) is 0 Å². The number of aliphatic hydroxyl groups excluding tert-OH is 2. The molecular weight excluding hydrogens is 226 g/mol. The van der Waals surface area contributed by atoms with Crippen molar-refractivity contribution >= 4 is 35.5 Å². The monoisotopic (exact) mass is 237 g/mol. The van der Waals surface area contributed by atoms with Crippen LogP contribution in [0.5, 0.6) is 0 Å². The van der Waals surface area contributed by atoms with Crippen LogP contribution in [0.2, 0.25) is 0 Å². The van der Waals surface area contributed by atoms with Crippen molar-refractivity contribution in [2.45, 2.75) is 24.8 Å². The summed E-state index contributed by atoms with van der Waals surface area (Å²) in [5, 5.41) is 20.3. The molecule has 0 aliphatic carbocycles. The van der Waals surface area contributed by atoms with Crippen molar-refractivity contribution in [1.82, 2.24) is 5.32 Å². The maximum atomic E-state index is 10.9. The van der Waals surface area contributed by atoms with E-state index in [1.807, 2.05) is 0 Å². The zero-order valence-electron chi connectivity index (χ0n) is 7.12. The Labute approximate surface area is 91.7 Å². The van der Waals surface area contributed by atoms with Crippen LogP contribution in [0.15, 0.2) is 0 Å². The van der Waals surface area contributed by atoms with Gasteiger partial charge in [0, 0.05) is 0 Å². The normalized spacial score (nSPS) is 38.0. The second-order valence-electron chi connectivity index (χ2n) is 3.17. The molecule has 0 amide bonds. The predicted octanol–water partition coefficient (Wildman–Crippen LogP) is -1.44. The Bertz CT molecular complexity index is 248. The van der Waals surface area contributed by atoms with Crippen LogP contribution in [0.4, 0.5) is 0 Å². The fourth-order valence-electron chi connectivity index (χ4n) is 1.45. The van der Waals surface area contributed by atoms with Crippen LogP contribution < -0.4 is 5.32 Å². The van der Waals surface area contributed by atoms with Gasteiger partial charge in [-0.15, -0.1) is 25.3 Å². The summed E-state index contributed by atoms with van der Waals surface area (Å²) in [5.41, 5.74) is 0. The van der Waals surface area contributed by atoms with E-state index in [-0.39, 0.29) is 6.42 Å². The Kier molecular flexibility index (Phi) is 3.96. The molecule has 3 N–H and O–H groups in total. The molecule has 1 rings (SSSR count). The standard InChI is InChI=1S/C7H11NO4S2/c9-3-1-2(6(11)13)8-5(10)4(3)7(12)14/h2-5,8-10H,1H2,(H,11,13)(H,12,14). The van der Waals surface area contributed by atoms with Gasteiger partial charge in [-0.25, -0.2) is 0 Å². The molecule has 1 saturated heterocycles. The minimum atomic E-state index is -1.26. The Hall–Kier alpha value is -0.0800. The van der Waals surface area contributed by atoms with Gasteiger partial charge in [0.2, 0.25) is 5.12 Å². The minimum absolute atomic E-state index is 0.0519. The Morgan fingerprint density at radius 3 is 2.14 bits per heavy atom. The largest absolute Gasteiger partial charge is 0.392 e. The Balaban J connectivity index is 2.72. The highest BCUT2D eigenvalue weighted by atomic mass is 32.1. The van der Waals surface area contributed by atoms with Gasteiger partial charge >= 0.3 is 0 Å².